The summed E-state index contributed by atoms with van der Waals surface area (Å²) in [5.41, 5.74) is 13.8. The molecule has 3 aromatic carbocycles. The molecule has 1 saturated heterocycles. The van der Waals surface area contributed by atoms with Crippen LogP contribution in [0.5, 0.6) is 5.75 Å². The van der Waals surface area contributed by atoms with Gasteiger partial charge in [-0.3, -0.25) is 43.2 Å². The molecule has 26 nitrogen and oxygen atoms in total. The van der Waals surface area contributed by atoms with Crippen LogP contribution in [0.1, 0.15) is 118 Å². The molecule has 1 fully saturated rings. The third kappa shape index (κ3) is 24.4. The quantitative estimate of drug-likeness (QED) is 0.0103. The van der Waals surface area contributed by atoms with Crippen molar-refractivity contribution >= 4 is 67.6 Å². The number of azo groups is 1. The fourth-order valence-corrected chi connectivity index (χ4v) is 10.9. The zero-order valence-corrected chi connectivity index (χ0v) is 49.2. The van der Waals surface area contributed by atoms with Gasteiger partial charge >= 0.3 is 14.8 Å². The standard InChI is InChI=1S/C57H82N14O12Si/c1-80-84(81-2,82-3)34-17-10-8-6-4-5-7-9-16-33-71-38-44(69-70-71)39-83-45-29-27-43(28-30-45)68-67-42-25-23-41(24-26-42)52(75)60-31-15-14-21-47-54(77)64-46(22-18-32-61-57(58)59)53(76)62-37-50(72)63-49(36-51(73)74)56(79)66-48(55(78)65-47)35-40-19-12-11-13-20-40/h11-13,19-20,23-30,38,46-49H,4-10,14-18,21-22,31-37,39H2,1-3H3,(H,60,75)(H,62,76)(H,63,72)(H,64,77)(H,65,78)(H,66,79)(H,73,74)(H4,58,59,61)/t46-,47-,48+,49-/m0/s1. The van der Waals surface area contributed by atoms with E-state index in [1.165, 1.54) is 32.1 Å². The van der Waals surface area contributed by atoms with Crippen molar-refractivity contribution in [1.29, 1.82) is 0 Å². The van der Waals surface area contributed by atoms with Crippen LogP contribution in [0.3, 0.4) is 0 Å². The first-order valence-electron chi connectivity index (χ1n) is 28.5. The van der Waals surface area contributed by atoms with Crippen LogP contribution in [0.2, 0.25) is 6.04 Å². The minimum atomic E-state index is -2.46. The van der Waals surface area contributed by atoms with Gasteiger partial charge in [0.05, 0.1) is 30.5 Å². The number of nitrogens with two attached hydrogens (primary N) is 2. The third-order valence-corrected chi connectivity index (χ3v) is 16.6. The number of carboxylic acid groups (broad SMARTS) is 1. The highest BCUT2D eigenvalue weighted by Crippen LogP contribution is 2.23. The van der Waals surface area contributed by atoms with Crippen molar-refractivity contribution in [2.45, 2.75) is 146 Å². The lowest BCUT2D eigenvalue weighted by Crippen LogP contribution is -2.58. The fraction of sp³-hybridized carbons (Fsp3) is 0.509. The van der Waals surface area contributed by atoms with Gasteiger partial charge in [-0.15, -0.1) is 5.10 Å². The number of hydrogen-bond donors (Lipinski definition) is 9. The maximum atomic E-state index is 14.1. The predicted octanol–water partition coefficient (Wildman–Crippen LogP) is 4.40. The molecule has 1 aromatic heterocycles. The molecule has 0 aliphatic carbocycles. The van der Waals surface area contributed by atoms with Gasteiger partial charge in [0.1, 0.15) is 42.2 Å². The van der Waals surface area contributed by atoms with Crippen LogP contribution < -0.4 is 48.1 Å². The second-order valence-corrected chi connectivity index (χ2v) is 23.3. The highest BCUT2D eigenvalue weighted by atomic mass is 28.4. The number of hydrogen-bond acceptors (Lipinski definition) is 16. The number of aryl methyl sites for hydroxylation is 1. The summed E-state index contributed by atoms with van der Waals surface area (Å²) >= 11 is 0. The van der Waals surface area contributed by atoms with E-state index in [4.69, 9.17) is 29.5 Å². The first kappa shape index (κ1) is 66.7. The highest BCUT2D eigenvalue weighted by molar-refractivity contribution is 6.60. The summed E-state index contributed by atoms with van der Waals surface area (Å²) in [6.07, 6.45) is 12.5. The molecule has 0 unspecified atom stereocenters. The average molecular weight is 1180 g/mol. The fourth-order valence-electron chi connectivity index (χ4n) is 9.10. The van der Waals surface area contributed by atoms with E-state index < -0.39 is 81.4 Å². The minimum absolute atomic E-state index is 0.0254. The Hall–Kier alpha value is -8.14. The van der Waals surface area contributed by atoms with E-state index in [1.54, 1.807) is 100 Å². The number of amides is 6. The summed E-state index contributed by atoms with van der Waals surface area (Å²) in [5, 5.41) is 42.3. The number of unbranched alkanes of at least 4 members (excludes halogenated alkanes) is 9. The lowest BCUT2D eigenvalue weighted by atomic mass is 10.0. The minimum Gasteiger partial charge on any atom is -0.487 e. The number of nitrogens with one attached hydrogen (secondary N) is 6. The number of aliphatic carboxylic acids is 1. The normalized spacial score (nSPS) is 17.2. The topological polar surface area (TPSA) is 369 Å². The molecule has 6 amide bonds. The first-order valence-corrected chi connectivity index (χ1v) is 30.4. The number of aliphatic imine (C=N–C) groups is 1. The monoisotopic (exact) mass is 1180 g/mol. The summed E-state index contributed by atoms with van der Waals surface area (Å²) in [6, 6.07) is 17.8. The van der Waals surface area contributed by atoms with Crippen LogP contribution in [0.25, 0.3) is 0 Å². The number of aromatic nitrogens is 3. The molecule has 27 heteroatoms. The molecule has 11 N–H and O–H groups in total. The number of carboxylic acids is 1. The Morgan fingerprint density at radius 2 is 1.25 bits per heavy atom. The number of carbonyl (C=O) groups excluding carboxylic acids is 6. The molecule has 4 atom stereocenters. The van der Waals surface area contributed by atoms with Crippen molar-refractivity contribution in [3.63, 3.8) is 0 Å². The van der Waals surface area contributed by atoms with E-state index in [9.17, 15) is 38.7 Å². The Morgan fingerprint density at radius 1 is 0.679 bits per heavy atom. The molecule has 4 aromatic rings. The summed E-state index contributed by atoms with van der Waals surface area (Å²) in [5.74, 6) is -5.44. The van der Waals surface area contributed by atoms with E-state index in [0.29, 0.717) is 41.1 Å². The van der Waals surface area contributed by atoms with Crippen molar-refractivity contribution in [1.82, 2.24) is 46.9 Å². The van der Waals surface area contributed by atoms with Gasteiger partial charge in [0.25, 0.3) is 5.91 Å². The Balaban J connectivity index is 1.07. The SMILES string of the molecule is CO[Si](CCCCCCCCCCCn1cc(COc2ccc(N=Nc3ccc(C(=O)NCCCC[C@@H]4NC(=O)[C@@H](Cc5ccccc5)NC(=O)[C@H](CC(=O)O)NC(=O)CNC(=O)[C@H](CCCN=C(N)N)NC4=O)cc3)cc2)nn1)(OC)OC. The van der Waals surface area contributed by atoms with Crippen LogP contribution in [-0.4, -0.2) is 141 Å². The summed E-state index contributed by atoms with van der Waals surface area (Å²) in [7, 11) is 2.51. The second-order valence-electron chi connectivity index (χ2n) is 20.2. The van der Waals surface area contributed by atoms with Crippen LogP contribution in [0.15, 0.2) is 100 Å². The lowest BCUT2D eigenvalue weighted by Gasteiger charge is -2.26. The number of guanidine groups is 1. The van der Waals surface area contributed by atoms with Gasteiger partial charge in [-0.1, -0.05) is 80.5 Å². The van der Waals surface area contributed by atoms with E-state index in [-0.39, 0.29) is 57.2 Å². The summed E-state index contributed by atoms with van der Waals surface area (Å²) in [6.45, 7) is 0.728. The largest absolute Gasteiger partial charge is 0.500 e. The molecule has 0 bridgehead atoms. The van der Waals surface area contributed by atoms with Gasteiger partial charge in [0, 0.05) is 59.0 Å². The van der Waals surface area contributed by atoms with Crippen LogP contribution in [-0.2, 0) is 61.6 Å². The van der Waals surface area contributed by atoms with Crippen LogP contribution >= 0.6 is 0 Å². The Kier molecular flexibility index (Phi) is 28.9. The number of nitrogens with zero attached hydrogens (tertiary/aromatic N) is 6. The van der Waals surface area contributed by atoms with Gasteiger partial charge < -0.3 is 66.5 Å². The van der Waals surface area contributed by atoms with Crippen LogP contribution in [0.4, 0.5) is 11.4 Å². The molecule has 84 heavy (non-hydrogen) atoms. The van der Waals surface area contributed by atoms with E-state index in [1.807, 2.05) is 10.9 Å². The number of carbonyl (C=O) groups is 7. The summed E-state index contributed by atoms with van der Waals surface area (Å²) in [4.78, 5) is 96.9. The molecule has 5 rings (SSSR count). The van der Waals surface area contributed by atoms with E-state index >= 15 is 0 Å². The third-order valence-electron chi connectivity index (χ3n) is 13.8. The molecule has 2 heterocycles. The molecule has 1 aliphatic heterocycles. The maximum absolute atomic E-state index is 14.1. The van der Waals surface area contributed by atoms with Gasteiger partial charge in [-0.05, 0) is 99.0 Å². The van der Waals surface area contributed by atoms with Gasteiger partial charge in [0.2, 0.25) is 29.5 Å². The highest BCUT2D eigenvalue weighted by Gasteiger charge is 2.37. The number of benzene rings is 3. The number of rotatable bonds is 34. The Labute approximate surface area is 490 Å². The first-order chi connectivity index (χ1) is 40.6. The van der Waals surface area contributed by atoms with Gasteiger partial charge in [0.15, 0.2) is 5.96 Å². The second kappa shape index (κ2) is 36.4. The average Bonchev–Trinajstić information content (AvgIpc) is 4.00. The number of ether oxygens (including phenoxy) is 1. The molecular formula is C57H82N14O12Si. The molecule has 1 aliphatic rings. The van der Waals surface area contributed by atoms with Crippen molar-refractivity contribution in [3.8, 4) is 5.75 Å². The Morgan fingerprint density at radius 3 is 1.88 bits per heavy atom. The smallest absolute Gasteiger partial charge is 0.487 e. The predicted molar refractivity (Wildman–Crippen MR) is 314 cm³/mol. The van der Waals surface area contributed by atoms with Crippen molar-refractivity contribution in [2.75, 3.05) is 41.0 Å². The molecular weight excluding hydrogens is 1100 g/mol. The van der Waals surface area contributed by atoms with E-state index in [2.05, 4.69) is 57.4 Å². The van der Waals surface area contributed by atoms with Crippen molar-refractivity contribution in [2.24, 2.45) is 26.7 Å². The van der Waals surface area contributed by atoms with Gasteiger partial charge in [-0.2, -0.15) is 10.2 Å². The Bertz CT molecular complexity index is 2750. The van der Waals surface area contributed by atoms with Crippen LogP contribution in [0, 0.1) is 0 Å². The molecule has 456 valence electrons. The maximum Gasteiger partial charge on any atom is 0.500 e. The molecule has 0 spiro atoms. The lowest BCUT2D eigenvalue weighted by molar-refractivity contribution is -0.141. The molecule has 0 radical (unpaired) electrons. The zero-order chi connectivity index (χ0) is 60.5. The zero-order valence-electron chi connectivity index (χ0n) is 48.2. The van der Waals surface area contributed by atoms with Gasteiger partial charge in [-0.25, -0.2) is 0 Å². The van der Waals surface area contributed by atoms with Crippen molar-refractivity contribution < 1.29 is 56.7 Å². The summed E-state index contributed by atoms with van der Waals surface area (Å²) < 4.78 is 24.3. The van der Waals surface area contributed by atoms with Crippen molar-refractivity contribution in [3.05, 3.63) is 102 Å². The molecule has 0 saturated carbocycles. The van der Waals surface area contributed by atoms with E-state index in [0.717, 1.165) is 44.0 Å².